The smallest absolute Gasteiger partial charge is 0.141 e. The van der Waals surface area contributed by atoms with Gasteiger partial charge in [0.05, 0.1) is 12.3 Å². The van der Waals surface area contributed by atoms with E-state index in [2.05, 4.69) is 15.2 Å². The van der Waals surface area contributed by atoms with Gasteiger partial charge in [-0.3, -0.25) is 4.98 Å². The van der Waals surface area contributed by atoms with Crippen molar-refractivity contribution in [2.75, 3.05) is 26.2 Å². The summed E-state index contributed by atoms with van der Waals surface area (Å²) in [5, 5.41) is 22.6. The Morgan fingerprint density at radius 1 is 1.37 bits per heavy atom. The fourth-order valence-corrected chi connectivity index (χ4v) is 2.47. The van der Waals surface area contributed by atoms with Crippen molar-refractivity contribution in [3.63, 3.8) is 0 Å². The quantitative estimate of drug-likeness (QED) is 0.663. The lowest BCUT2D eigenvalue weighted by Gasteiger charge is -2.16. The minimum absolute atomic E-state index is 0.0933. The first-order chi connectivity index (χ1) is 9.22. The van der Waals surface area contributed by atoms with Gasteiger partial charge >= 0.3 is 0 Å². The standard InChI is InChI=1S/C14H23N3O2/c1-11-14(19)13(12(10-18)8-16-11)9-15-4-7-17-5-2-3-6-17/h8,15,18-19H,2-7,9-10H2,1H3. The molecule has 0 aliphatic carbocycles. The molecule has 3 N–H and O–H groups in total. The van der Waals surface area contributed by atoms with Crippen molar-refractivity contribution >= 4 is 0 Å². The van der Waals surface area contributed by atoms with E-state index in [9.17, 15) is 10.2 Å². The predicted molar refractivity (Wildman–Crippen MR) is 73.9 cm³/mol. The first-order valence-electron chi connectivity index (χ1n) is 6.92. The van der Waals surface area contributed by atoms with Gasteiger partial charge in [-0.1, -0.05) is 0 Å². The summed E-state index contributed by atoms with van der Waals surface area (Å²) in [5.41, 5.74) is 2.06. The van der Waals surface area contributed by atoms with E-state index in [1.165, 1.54) is 25.9 Å². The third-order valence-corrected chi connectivity index (χ3v) is 3.71. The largest absolute Gasteiger partial charge is 0.506 e. The zero-order valence-electron chi connectivity index (χ0n) is 11.5. The highest BCUT2D eigenvalue weighted by atomic mass is 16.3. The molecule has 0 unspecified atom stereocenters. The molecule has 1 aliphatic rings. The highest BCUT2D eigenvalue weighted by Crippen LogP contribution is 2.23. The van der Waals surface area contributed by atoms with Gasteiger partial charge < -0.3 is 20.4 Å². The lowest BCUT2D eigenvalue weighted by atomic mass is 10.1. The van der Waals surface area contributed by atoms with Crippen molar-refractivity contribution in [1.82, 2.24) is 15.2 Å². The molecule has 2 heterocycles. The van der Waals surface area contributed by atoms with Gasteiger partial charge in [-0.25, -0.2) is 0 Å². The van der Waals surface area contributed by atoms with E-state index < -0.39 is 0 Å². The summed E-state index contributed by atoms with van der Waals surface area (Å²) in [6, 6.07) is 0. The monoisotopic (exact) mass is 265 g/mol. The van der Waals surface area contributed by atoms with Crippen LogP contribution in [0.25, 0.3) is 0 Å². The van der Waals surface area contributed by atoms with Gasteiger partial charge in [0.25, 0.3) is 0 Å². The highest BCUT2D eigenvalue weighted by molar-refractivity contribution is 5.40. The number of rotatable bonds is 6. The average molecular weight is 265 g/mol. The molecule has 5 nitrogen and oxygen atoms in total. The minimum atomic E-state index is -0.0933. The second kappa shape index (κ2) is 6.84. The Kier molecular flexibility index (Phi) is 5.13. The van der Waals surface area contributed by atoms with Crippen LogP contribution in [0.5, 0.6) is 5.75 Å². The third kappa shape index (κ3) is 3.65. The second-order valence-corrected chi connectivity index (χ2v) is 5.08. The first kappa shape index (κ1) is 14.2. The third-order valence-electron chi connectivity index (χ3n) is 3.71. The molecule has 1 aromatic rings. The maximum absolute atomic E-state index is 10.00. The Balaban J connectivity index is 1.86. The van der Waals surface area contributed by atoms with Gasteiger partial charge in [-0.15, -0.1) is 0 Å². The van der Waals surface area contributed by atoms with Crippen molar-refractivity contribution in [2.24, 2.45) is 0 Å². The van der Waals surface area contributed by atoms with E-state index in [0.29, 0.717) is 17.8 Å². The lowest BCUT2D eigenvalue weighted by molar-refractivity contribution is 0.278. The Bertz CT molecular complexity index is 417. The van der Waals surface area contributed by atoms with Crippen LogP contribution in [0.3, 0.4) is 0 Å². The molecule has 0 saturated carbocycles. The second-order valence-electron chi connectivity index (χ2n) is 5.08. The van der Waals surface area contributed by atoms with Gasteiger partial charge in [0.1, 0.15) is 5.75 Å². The van der Waals surface area contributed by atoms with Crippen LogP contribution in [0, 0.1) is 6.92 Å². The molecule has 1 aromatic heterocycles. The van der Waals surface area contributed by atoms with Crippen molar-refractivity contribution < 1.29 is 10.2 Å². The van der Waals surface area contributed by atoms with Crippen LogP contribution in [0.15, 0.2) is 6.20 Å². The number of likely N-dealkylation sites (tertiary alicyclic amines) is 1. The molecule has 0 radical (unpaired) electrons. The molecule has 2 rings (SSSR count). The fourth-order valence-electron chi connectivity index (χ4n) is 2.47. The summed E-state index contributed by atoms with van der Waals surface area (Å²) in [4.78, 5) is 6.50. The number of hydrogen-bond donors (Lipinski definition) is 3. The molecule has 0 spiro atoms. The van der Waals surface area contributed by atoms with E-state index in [-0.39, 0.29) is 12.4 Å². The van der Waals surface area contributed by atoms with Crippen LogP contribution in [-0.2, 0) is 13.2 Å². The molecule has 19 heavy (non-hydrogen) atoms. The van der Waals surface area contributed by atoms with Crippen molar-refractivity contribution in [3.8, 4) is 5.75 Å². The molecule has 1 saturated heterocycles. The van der Waals surface area contributed by atoms with Crippen LogP contribution in [0.2, 0.25) is 0 Å². The Labute approximate surface area is 114 Å². The average Bonchev–Trinajstić information content (AvgIpc) is 2.92. The molecule has 1 aliphatic heterocycles. The molecule has 5 heteroatoms. The van der Waals surface area contributed by atoms with Crippen molar-refractivity contribution in [2.45, 2.75) is 32.9 Å². The molecule has 0 bridgehead atoms. The van der Waals surface area contributed by atoms with E-state index in [1.807, 2.05) is 0 Å². The Hall–Kier alpha value is -1.17. The number of pyridine rings is 1. The zero-order chi connectivity index (χ0) is 13.7. The summed E-state index contributed by atoms with van der Waals surface area (Å²) < 4.78 is 0. The van der Waals surface area contributed by atoms with Gasteiger partial charge in [-0.2, -0.15) is 0 Å². The minimum Gasteiger partial charge on any atom is -0.506 e. The summed E-state index contributed by atoms with van der Waals surface area (Å²) in [5.74, 6) is 0.195. The number of aromatic nitrogens is 1. The normalized spacial score (nSPS) is 16.1. The fraction of sp³-hybridized carbons (Fsp3) is 0.643. The number of hydrogen-bond acceptors (Lipinski definition) is 5. The number of aryl methyl sites for hydroxylation is 1. The van der Waals surface area contributed by atoms with Gasteiger partial charge in [-0.05, 0) is 32.9 Å². The van der Waals surface area contributed by atoms with Crippen molar-refractivity contribution in [1.29, 1.82) is 0 Å². The van der Waals surface area contributed by atoms with Crippen LogP contribution in [0.4, 0.5) is 0 Å². The zero-order valence-corrected chi connectivity index (χ0v) is 11.5. The Morgan fingerprint density at radius 3 is 2.79 bits per heavy atom. The van der Waals surface area contributed by atoms with Crippen molar-refractivity contribution in [3.05, 3.63) is 23.0 Å². The summed E-state index contributed by atoms with van der Waals surface area (Å²) in [7, 11) is 0. The van der Waals surface area contributed by atoms with Crippen LogP contribution >= 0.6 is 0 Å². The van der Waals surface area contributed by atoms with E-state index in [4.69, 9.17) is 0 Å². The van der Waals surface area contributed by atoms with Gasteiger partial charge in [0, 0.05) is 37.0 Å². The number of nitrogens with zero attached hydrogens (tertiary/aromatic N) is 2. The predicted octanol–water partition coefficient (Wildman–Crippen LogP) is 0.773. The van der Waals surface area contributed by atoms with E-state index in [1.54, 1.807) is 13.1 Å². The number of aliphatic hydroxyl groups is 1. The first-order valence-corrected chi connectivity index (χ1v) is 6.92. The topological polar surface area (TPSA) is 68.6 Å². The Morgan fingerprint density at radius 2 is 2.11 bits per heavy atom. The van der Waals surface area contributed by atoms with Crippen LogP contribution in [0.1, 0.15) is 29.7 Å². The highest BCUT2D eigenvalue weighted by Gasteiger charge is 2.12. The maximum Gasteiger partial charge on any atom is 0.141 e. The SMILES string of the molecule is Cc1ncc(CO)c(CNCCN2CCCC2)c1O. The van der Waals surface area contributed by atoms with Crippen LogP contribution < -0.4 is 5.32 Å². The number of nitrogens with one attached hydrogen (secondary N) is 1. The number of aliphatic hydroxyl groups excluding tert-OH is 1. The summed E-state index contributed by atoms with van der Waals surface area (Å²) >= 11 is 0. The van der Waals surface area contributed by atoms with Gasteiger partial charge in [0.15, 0.2) is 0 Å². The van der Waals surface area contributed by atoms with Crippen LogP contribution in [-0.4, -0.2) is 46.3 Å². The number of aromatic hydroxyl groups is 1. The van der Waals surface area contributed by atoms with E-state index >= 15 is 0 Å². The molecule has 106 valence electrons. The maximum atomic E-state index is 10.00. The molecule has 0 atom stereocenters. The summed E-state index contributed by atoms with van der Waals surface area (Å²) in [6.45, 7) is 6.57. The lowest BCUT2D eigenvalue weighted by Crippen LogP contribution is -2.30. The molecule has 1 fully saturated rings. The molecule has 0 amide bonds. The molecular formula is C14H23N3O2. The summed E-state index contributed by atoms with van der Waals surface area (Å²) in [6.07, 6.45) is 4.24. The van der Waals surface area contributed by atoms with E-state index in [0.717, 1.165) is 18.7 Å². The molecule has 0 aromatic carbocycles. The van der Waals surface area contributed by atoms with Gasteiger partial charge in [0.2, 0.25) is 0 Å². The molecular weight excluding hydrogens is 242 g/mol.